The van der Waals surface area contributed by atoms with Crippen LogP contribution in [-0.2, 0) is 25.7 Å². The maximum absolute atomic E-state index is 12.4. The van der Waals surface area contributed by atoms with E-state index in [1.807, 2.05) is 48.5 Å². The lowest BCUT2D eigenvalue weighted by atomic mass is 10.1. The van der Waals surface area contributed by atoms with E-state index in [-0.39, 0.29) is 12.5 Å². The summed E-state index contributed by atoms with van der Waals surface area (Å²) in [6.45, 7) is -0.0414. The van der Waals surface area contributed by atoms with Crippen molar-refractivity contribution in [2.24, 2.45) is 0 Å². The van der Waals surface area contributed by atoms with Gasteiger partial charge in [0.2, 0.25) is 0 Å². The van der Waals surface area contributed by atoms with Crippen molar-refractivity contribution >= 4 is 33.3 Å². The summed E-state index contributed by atoms with van der Waals surface area (Å²) in [7, 11) is -1.83. The molecule has 3 rings (SSSR count). The first-order valence-electron chi connectivity index (χ1n) is 9.30. The zero-order valence-electron chi connectivity index (χ0n) is 17.0. The van der Waals surface area contributed by atoms with Gasteiger partial charge in [-0.05, 0) is 53.1 Å². The summed E-state index contributed by atoms with van der Waals surface area (Å²) in [4.78, 5) is 13.9. The van der Waals surface area contributed by atoms with Crippen LogP contribution in [0.15, 0.2) is 72.8 Å². The standard InChI is InChI=1S/C24H20ClNO4S/c1-26(23-14-10-21(11-15-23)20-8-12-22(25)13-9-20)24(27)16-7-18-3-5-19(6-4-18)17-30-31(2,28)29/h3-6,8-15H,17H2,1-2H3. The average molecular weight is 454 g/mol. The fourth-order valence-corrected chi connectivity index (χ4v) is 3.18. The SMILES string of the molecule is CN(C(=O)C#Cc1ccc(COS(C)(=O)=O)cc1)c1ccc(-c2ccc(Cl)cc2)cc1. The second-order valence-corrected chi connectivity index (χ2v) is 8.91. The number of amides is 1. The minimum absolute atomic E-state index is 0.0414. The predicted molar refractivity (Wildman–Crippen MR) is 123 cm³/mol. The van der Waals surface area contributed by atoms with Crippen LogP contribution in [0.25, 0.3) is 11.1 Å². The largest absolute Gasteiger partial charge is 0.305 e. The molecule has 0 unspecified atom stereocenters. The maximum Gasteiger partial charge on any atom is 0.302 e. The summed E-state index contributed by atoms with van der Waals surface area (Å²) >= 11 is 5.93. The number of carbonyl (C=O) groups is 1. The summed E-state index contributed by atoms with van der Waals surface area (Å²) in [6.07, 6.45) is 1.00. The molecule has 3 aromatic carbocycles. The van der Waals surface area contributed by atoms with E-state index < -0.39 is 10.1 Å². The van der Waals surface area contributed by atoms with E-state index in [0.717, 1.165) is 23.1 Å². The van der Waals surface area contributed by atoms with Crippen LogP contribution >= 0.6 is 11.6 Å². The van der Waals surface area contributed by atoms with E-state index >= 15 is 0 Å². The number of halogens is 1. The van der Waals surface area contributed by atoms with E-state index in [2.05, 4.69) is 11.8 Å². The number of nitrogens with zero attached hydrogens (tertiary/aromatic N) is 1. The van der Waals surface area contributed by atoms with Crippen molar-refractivity contribution < 1.29 is 17.4 Å². The maximum atomic E-state index is 12.4. The molecule has 0 N–H and O–H groups in total. The van der Waals surface area contributed by atoms with Gasteiger partial charge in [0.25, 0.3) is 10.1 Å². The predicted octanol–water partition coefficient (Wildman–Crippen LogP) is 4.50. The van der Waals surface area contributed by atoms with E-state index in [0.29, 0.717) is 16.1 Å². The molecule has 0 saturated heterocycles. The first kappa shape index (κ1) is 22.6. The van der Waals surface area contributed by atoms with Crippen LogP contribution in [-0.4, -0.2) is 27.6 Å². The Balaban J connectivity index is 1.64. The Hall–Kier alpha value is -3.11. The molecular formula is C24H20ClNO4S. The highest BCUT2D eigenvalue weighted by atomic mass is 35.5. The molecule has 0 bridgehead atoms. The first-order chi connectivity index (χ1) is 14.7. The molecule has 0 aliphatic heterocycles. The van der Waals surface area contributed by atoms with Crippen LogP contribution in [0.3, 0.4) is 0 Å². The lowest BCUT2D eigenvalue weighted by Gasteiger charge is -2.14. The average Bonchev–Trinajstić information content (AvgIpc) is 2.76. The molecule has 0 aliphatic carbocycles. The van der Waals surface area contributed by atoms with Crippen LogP contribution in [0, 0.1) is 11.8 Å². The van der Waals surface area contributed by atoms with Gasteiger partial charge in [-0.1, -0.05) is 53.9 Å². The fraction of sp³-hybridized carbons (Fsp3) is 0.125. The quantitative estimate of drug-likeness (QED) is 0.421. The van der Waals surface area contributed by atoms with Gasteiger partial charge in [-0.3, -0.25) is 8.98 Å². The first-order valence-corrected chi connectivity index (χ1v) is 11.5. The highest BCUT2D eigenvalue weighted by Gasteiger charge is 2.08. The van der Waals surface area contributed by atoms with Crippen molar-refractivity contribution in [1.82, 2.24) is 0 Å². The molecule has 3 aromatic rings. The van der Waals surface area contributed by atoms with Gasteiger partial charge in [-0.2, -0.15) is 8.42 Å². The molecule has 5 nitrogen and oxygen atoms in total. The zero-order valence-corrected chi connectivity index (χ0v) is 18.6. The summed E-state index contributed by atoms with van der Waals surface area (Å²) in [5.41, 5.74) is 4.12. The van der Waals surface area contributed by atoms with Gasteiger partial charge in [-0.25, -0.2) is 0 Å². The van der Waals surface area contributed by atoms with Gasteiger partial charge in [0.1, 0.15) is 0 Å². The van der Waals surface area contributed by atoms with E-state index in [1.54, 1.807) is 31.3 Å². The smallest absolute Gasteiger partial charge is 0.302 e. The Labute approximate surface area is 187 Å². The van der Waals surface area contributed by atoms with Gasteiger partial charge in [0.15, 0.2) is 0 Å². The third-order valence-electron chi connectivity index (χ3n) is 4.44. The van der Waals surface area contributed by atoms with E-state index in [4.69, 9.17) is 15.8 Å². The van der Waals surface area contributed by atoms with Gasteiger partial charge >= 0.3 is 5.91 Å². The van der Waals surface area contributed by atoms with Crippen LogP contribution in [0.5, 0.6) is 0 Å². The number of hydrogen-bond acceptors (Lipinski definition) is 4. The molecule has 0 radical (unpaired) electrons. The molecular weight excluding hydrogens is 434 g/mol. The van der Waals surface area contributed by atoms with Gasteiger partial charge in [0.05, 0.1) is 12.9 Å². The summed E-state index contributed by atoms with van der Waals surface area (Å²) < 4.78 is 26.8. The Morgan fingerprint density at radius 3 is 2.03 bits per heavy atom. The van der Waals surface area contributed by atoms with Crippen molar-refractivity contribution in [3.63, 3.8) is 0 Å². The van der Waals surface area contributed by atoms with Crippen molar-refractivity contribution in [3.8, 4) is 23.0 Å². The molecule has 0 aromatic heterocycles. The van der Waals surface area contributed by atoms with Crippen LogP contribution < -0.4 is 4.90 Å². The second-order valence-electron chi connectivity index (χ2n) is 6.83. The molecule has 7 heteroatoms. The molecule has 0 fully saturated rings. The molecule has 0 aliphatic rings. The molecule has 0 spiro atoms. The monoisotopic (exact) mass is 453 g/mol. The van der Waals surface area contributed by atoms with Gasteiger partial charge in [0, 0.05) is 29.2 Å². The highest BCUT2D eigenvalue weighted by molar-refractivity contribution is 7.85. The van der Waals surface area contributed by atoms with Crippen molar-refractivity contribution in [1.29, 1.82) is 0 Å². The third-order valence-corrected chi connectivity index (χ3v) is 5.24. The third kappa shape index (κ3) is 6.69. The Kier molecular flexibility index (Phi) is 7.13. The Morgan fingerprint density at radius 1 is 0.935 bits per heavy atom. The second kappa shape index (κ2) is 9.80. The number of hydrogen-bond donors (Lipinski definition) is 0. The molecule has 0 saturated carbocycles. The number of anilines is 1. The highest BCUT2D eigenvalue weighted by Crippen LogP contribution is 2.24. The number of rotatable bonds is 5. The van der Waals surface area contributed by atoms with Gasteiger partial charge in [-0.15, -0.1) is 0 Å². The minimum atomic E-state index is -3.49. The summed E-state index contributed by atoms with van der Waals surface area (Å²) in [5, 5.41) is 0.682. The van der Waals surface area contributed by atoms with E-state index in [9.17, 15) is 13.2 Å². The normalized spacial score (nSPS) is 10.8. The summed E-state index contributed by atoms with van der Waals surface area (Å²) in [5.74, 6) is 5.10. The van der Waals surface area contributed by atoms with Gasteiger partial charge < -0.3 is 4.90 Å². The molecule has 0 heterocycles. The van der Waals surface area contributed by atoms with Crippen LogP contribution in [0.1, 0.15) is 11.1 Å². The lowest BCUT2D eigenvalue weighted by molar-refractivity contribution is -0.113. The molecule has 0 atom stereocenters. The topological polar surface area (TPSA) is 63.7 Å². The van der Waals surface area contributed by atoms with Crippen molar-refractivity contribution in [2.75, 3.05) is 18.2 Å². The summed E-state index contributed by atoms with van der Waals surface area (Å²) in [6, 6.07) is 22.0. The Morgan fingerprint density at radius 2 is 1.48 bits per heavy atom. The zero-order chi connectivity index (χ0) is 22.4. The van der Waals surface area contributed by atoms with Crippen LogP contribution in [0.2, 0.25) is 5.02 Å². The van der Waals surface area contributed by atoms with Crippen molar-refractivity contribution in [2.45, 2.75) is 6.61 Å². The van der Waals surface area contributed by atoms with E-state index in [1.165, 1.54) is 4.90 Å². The fourth-order valence-electron chi connectivity index (χ4n) is 2.71. The van der Waals surface area contributed by atoms with Crippen LogP contribution in [0.4, 0.5) is 5.69 Å². The Bertz CT molecular complexity index is 1220. The van der Waals surface area contributed by atoms with Crippen molar-refractivity contribution in [3.05, 3.63) is 88.9 Å². The number of carbonyl (C=O) groups excluding carboxylic acids is 1. The molecule has 158 valence electrons. The number of benzene rings is 3. The molecule has 31 heavy (non-hydrogen) atoms. The lowest BCUT2D eigenvalue weighted by Crippen LogP contribution is -2.24. The molecule has 1 amide bonds. The minimum Gasteiger partial charge on any atom is -0.305 e.